The largest absolute Gasteiger partial charge is 0.462 e. The average molecular weight is 675 g/mol. The summed E-state index contributed by atoms with van der Waals surface area (Å²) in [4.78, 5) is 59.5. The molecule has 1 aromatic carbocycles. The number of carbonyl (C=O) groups is 4. The van der Waals surface area contributed by atoms with Crippen LogP contribution >= 0.6 is 35.7 Å². The van der Waals surface area contributed by atoms with Gasteiger partial charge in [0.1, 0.15) is 14.8 Å². The SMILES string of the molecule is CCOC(=O)C1=C(C(=O)OCC)SC(=C(C(=S)N2CCCC2)N(CCNC(=O)c2ccccc2C(=O)N2CCCC2)C(C)C)S1. The highest BCUT2D eigenvalue weighted by Gasteiger charge is 2.38. The van der Waals surface area contributed by atoms with Crippen LogP contribution in [-0.2, 0) is 19.1 Å². The maximum absolute atomic E-state index is 13.4. The molecule has 10 nitrogen and oxygen atoms in total. The van der Waals surface area contributed by atoms with E-state index in [2.05, 4.69) is 15.1 Å². The maximum Gasteiger partial charge on any atom is 0.346 e. The molecule has 3 aliphatic heterocycles. The molecule has 3 heterocycles. The lowest BCUT2D eigenvalue weighted by Crippen LogP contribution is -2.43. The van der Waals surface area contributed by atoms with Gasteiger partial charge in [-0.1, -0.05) is 47.9 Å². The molecule has 0 atom stereocenters. The minimum absolute atomic E-state index is 0.0344. The molecule has 2 saturated heterocycles. The lowest BCUT2D eigenvalue weighted by molar-refractivity contribution is -0.140. The van der Waals surface area contributed by atoms with Crippen LogP contribution in [-0.4, -0.2) is 102 Å². The smallest absolute Gasteiger partial charge is 0.346 e. The van der Waals surface area contributed by atoms with Gasteiger partial charge in [0.2, 0.25) is 0 Å². The first-order chi connectivity index (χ1) is 21.7. The number of ether oxygens (including phenoxy) is 2. The molecule has 0 bridgehead atoms. The molecule has 0 radical (unpaired) electrons. The van der Waals surface area contributed by atoms with Crippen LogP contribution in [0.1, 0.15) is 74.1 Å². The van der Waals surface area contributed by atoms with Gasteiger partial charge in [-0.2, -0.15) is 0 Å². The van der Waals surface area contributed by atoms with Crippen LogP contribution in [0.4, 0.5) is 0 Å². The zero-order valence-corrected chi connectivity index (χ0v) is 28.8. The van der Waals surface area contributed by atoms with Crippen molar-refractivity contribution in [3.8, 4) is 0 Å². The number of thioether (sulfide) groups is 2. The van der Waals surface area contributed by atoms with Crippen molar-refractivity contribution in [2.45, 2.75) is 59.4 Å². The molecule has 0 saturated carbocycles. The number of nitrogens with one attached hydrogen (secondary N) is 1. The second-order valence-electron chi connectivity index (χ2n) is 11.0. The van der Waals surface area contributed by atoms with E-state index < -0.39 is 11.9 Å². The Morgan fingerprint density at radius 3 is 1.89 bits per heavy atom. The third-order valence-corrected chi connectivity index (χ3v) is 10.6. The number of hydrogen-bond donors (Lipinski definition) is 1. The fourth-order valence-corrected chi connectivity index (χ4v) is 8.50. The molecular weight excluding hydrogens is 633 g/mol. The van der Waals surface area contributed by atoms with Crippen molar-refractivity contribution in [2.24, 2.45) is 0 Å². The quantitative estimate of drug-likeness (QED) is 0.188. The van der Waals surface area contributed by atoms with Crippen LogP contribution in [0, 0.1) is 0 Å². The molecule has 45 heavy (non-hydrogen) atoms. The number of esters is 2. The highest BCUT2D eigenvalue weighted by Crippen LogP contribution is 2.52. The Labute approximate surface area is 279 Å². The Hall–Kier alpha value is -3.03. The second kappa shape index (κ2) is 16.5. The van der Waals surface area contributed by atoms with E-state index in [0.717, 1.165) is 44.5 Å². The molecule has 3 aliphatic rings. The van der Waals surface area contributed by atoms with Gasteiger partial charge in [-0.15, -0.1) is 0 Å². The first-order valence-corrected chi connectivity index (χ1v) is 17.6. The number of thiocarbonyl (C=S) groups is 1. The van der Waals surface area contributed by atoms with Crippen LogP contribution in [0.2, 0.25) is 0 Å². The van der Waals surface area contributed by atoms with Gasteiger partial charge in [0.05, 0.1) is 34.3 Å². The van der Waals surface area contributed by atoms with Crippen molar-refractivity contribution in [2.75, 3.05) is 52.5 Å². The summed E-state index contributed by atoms with van der Waals surface area (Å²) in [7, 11) is 0. The van der Waals surface area contributed by atoms with Gasteiger partial charge in [-0.3, -0.25) is 9.59 Å². The molecule has 2 fully saturated rings. The van der Waals surface area contributed by atoms with Crippen LogP contribution in [0.25, 0.3) is 0 Å². The number of carbonyl (C=O) groups excluding carboxylic acids is 4. The van der Waals surface area contributed by atoms with E-state index in [1.54, 1.807) is 43.0 Å². The van der Waals surface area contributed by atoms with E-state index in [1.807, 2.05) is 13.8 Å². The van der Waals surface area contributed by atoms with E-state index in [0.29, 0.717) is 40.0 Å². The number of amides is 2. The maximum atomic E-state index is 13.4. The van der Waals surface area contributed by atoms with E-state index in [9.17, 15) is 19.2 Å². The zero-order chi connectivity index (χ0) is 32.5. The lowest BCUT2D eigenvalue weighted by Gasteiger charge is -2.35. The van der Waals surface area contributed by atoms with Gasteiger partial charge >= 0.3 is 11.9 Å². The normalized spacial score (nSPS) is 16.3. The minimum Gasteiger partial charge on any atom is -0.462 e. The van der Waals surface area contributed by atoms with Crippen LogP contribution < -0.4 is 5.32 Å². The van der Waals surface area contributed by atoms with Crippen LogP contribution in [0.15, 0.2) is 44.0 Å². The fourth-order valence-electron chi connectivity index (χ4n) is 5.43. The van der Waals surface area contributed by atoms with E-state index in [-0.39, 0.29) is 47.4 Å². The summed E-state index contributed by atoms with van der Waals surface area (Å²) >= 11 is 8.43. The number of likely N-dealkylation sites (tertiary alicyclic amines) is 2. The summed E-state index contributed by atoms with van der Waals surface area (Å²) < 4.78 is 11.3. The Kier molecular flexibility index (Phi) is 12.8. The average Bonchev–Trinajstić information content (AvgIpc) is 3.83. The highest BCUT2D eigenvalue weighted by molar-refractivity contribution is 8.29. The topological polar surface area (TPSA) is 108 Å². The van der Waals surface area contributed by atoms with Crippen molar-refractivity contribution in [3.05, 3.63) is 55.1 Å². The first-order valence-electron chi connectivity index (χ1n) is 15.6. The van der Waals surface area contributed by atoms with E-state index in [4.69, 9.17) is 21.7 Å². The molecule has 4 rings (SSSR count). The molecule has 244 valence electrons. The van der Waals surface area contributed by atoms with E-state index in [1.165, 1.54) is 23.5 Å². The molecular formula is C32H42N4O6S3. The minimum atomic E-state index is -0.579. The Balaban J connectivity index is 1.59. The number of benzene rings is 1. The zero-order valence-electron chi connectivity index (χ0n) is 26.4. The molecule has 1 N–H and O–H groups in total. The summed E-state index contributed by atoms with van der Waals surface area (Å²) in [5, 5.41) is 3.01. The third-order valence-electron chi connectivity index (χ3n) is 7.65. The van der Waals surface area contributed by atoms with Crippen molar-refractivity contribution >= 4 is 64.5 Å². The predicted octanol–water partition coefficient (Wildman–Crippen LogP) is 4.77. The Bertz CT molecular complexity index is 1330. The monoisotopic (exact) mass is 674 g/mol. The van der Waals surface area contributed by atoms with Gasteiger partial charge in [0, 0.05) is 45.3 Å². The van der Waals surface area contributed by atoms with Crippen LogP contribution in [0.3, 0.4) is 0 Å². The Morgan fingerprint density at radius 1 is 0.867 bits per heavy atom. The molecule has 13 heteroatoms. The summed E-state index contributed by atoms with van der Waals surface area (Å²) in [6.07, 6.45) is 3.99. The standard InChI is InChI=1S/C32H42N4O6S3/c1-5-41-30(39)25-26(31(40)42-6-2)45-32(44-25)24(29(43)35-18-11-12-19-35)36(21(3)4)20-15-33-27(37)22-13-7-8-14-23(22)28(38)34-16-9-10-17-34/h7-8,13-14,21H,5-6,9-12,15-20H2,1-4H3,(H,33,37). The summed E-state index contributed by atoms with van der Waals surface area (Å²) in [6.45, 7) is 11.6. The fraction of sp³-hybridized carbons (Fsp3) is 0.531. The van der Waals surface area contributed by atoms with Crippen molar-refractivity contribution in [1.29, 1.82) is 0 Å². The summed E-state index contributed by atoms with van der Waals surface area (Å²) in [5.74, 6) is -1.60. The van der Waals surface area contributed by atoms with Gasteiger partial charge in [-0.05, 0) is 65.5 Å². The Morgan fingerprint density at radius 2 is 1.38 bits per heavy atom. The molecule has 1 aromatic rings. The van der Waals surface area contributed by atoms with Crippen LogP contribution in [0.5, 0.6) is 0 Å². The van der Waals surface area contributed by atoms with E-state index >= 15 is 0 Å². The molecule has 0 spiro atoms. The number of rotatable bonds is 12. The lowest BCUT2D eigenvalue weighted by atomic mass is 10.1. The first kappa shape index (κ1) is 34.8. The predicted molar refractivity (Wildman–Crippen MR) is 182 cm³/mol. The number of nitrogens with zero attached hydrogens (tertiary/aromatic N) is 3. The molecule has 0 unspecified atom stereocenters. The van der Waals surface area contributed by atoms with Gasteiger partial charge in [0.15, 0.2) is 0 Å². The number of hydrogen-bond acceptors (Lipinski definition) is 10. The molecule has 2 amide bonds. The summed E-state index contributed by atoms with van der Waals surface area (Å²) in [5.41, 5.74) is 1.48. The van der Waals surface area contributed by atoms with Crippen molar-refractivity contribution in [3.63, 3.8) is 0 Å². The molecule has 0 aliphatic carbocycles. The van der Waals surface area contributed by atoms with Gasteiger partial charge < -0.3 is 29.5 Å². The van der Waals surface area contributed by atoms with Gasteiger partial charge in [-0.25, -0.2) is 9.59 Å². The summed E-state index contributed by atoms with van der Waals surface area (Å²) in [6, 6.07) is 6.89. The third kappa shape index (κ3) is 8.42. The van der Waals surface area contributed by atoms with Crippen molar-refractivity contribution < 1.29 is 28.7 Å². The van der Waals surface area contributed by atoms with Crippen molar-refractivity contribution in [1.82, 2.24) is 20.0 Å². The second-order valence-corrected chi connectivity index (χ2v) is 13.7. The van der Waals surface area contributed by atoms with Gasteiger partial charge in [0.25, 0.3) is 11.8 Å². The molecule has 0 aromatic heterocycles. The highest BCUT2D eigenvalue weighted by atomic mass is 32.2.